The van der Waals surface area contributed by atoms with Crippen LogP contribution in [0.4, 0.5) is 5.00 Å². The smallest absolute Gasteiger partial charge is 0.341 e. The first-order chi connectivity index (χ1) is 14.5. The number of esters is 1. The van der Waals surface area contributed by atoms with Crippen molar-refractivity contribution in [2.24, 2.45) is 5.92 Å². The molecule has 0 spiro atoms. The molecule has 2 atom stereocenters. The molecular weight excluding hydrogens is 422 g/mol. The third kappa shape index (κ3) is 4.33. The molecule has 0 saturated carbocycles. The predicted octanol–water partition coefficient (Wildman–Crippen LogP) is 2.68. The minimum atomic E-state index is -0.306. The Labute approximate surface area is 186 Å². The molecule has 2 saturated heterocycles. The van der Waals surface area contributed by atoms with Gasteiger partial charge in [0, 0.05) is 37.7 Å². The number of carbonyl (C=O) groups is 2. The molecule has 2 fully saturated rings. The number of hydrogen-bond acceptors (Lipinski definition) is 6. The standard InChI is InChI=1S/C21H29N3O4S2/c1-13-5-6-14-16(12-13)30-18(17(14)20(26)27-2)22-21(29)24-9-7-23(8-10-24)19(25)15-4-3-11-28-15/h13,15H,3-12H2,1-2H3,(H,22,29). The van der Waals surface area contributed by atoms with Crippen molar-refractivity contribution < 1.29 is 19.1 Å². The van der Waals surface area contributed by atoms with Crippen LogP contribution < -0.4 is 5.32 Å². The molecule has 7 nitrogen and oxygen atoms in total. The van der Waals surface area contributed by atoms with Crippen LogP contribution in [-0.2, 0) is 27.1 Å². The molecule has 30 heavy (non-hydrogen) atoms. The zero-order chi connectivity index (χ0) is 21.3. The second-order valence-corrected chi connectivity index (χ2v) is 9.78. The number of nitrogens with zero attached hydrogens (tertiary/aromatic N) is 2. The number of methoxy groups -OCH3 is 1. The van der Waals surface area contributed by atoms with Crippen LogP contribution in [0.3, 0.4) is 0 Å². The minimum absolute atomic E-state index is 0.0963. The van der Waals surface area contributed by atoms with Gasteiger partial charge in [-0.05, 0) is 55.8 Å². The molecule has 3 heterocycles. The zero-order valence-corrected chi connectivity index (χ0v) is 19.2. The molecular formula is C21H29N3O4S2. The number of thiocarbonyl (C=S) groups is 1. The predicted molar refractivity (Wildman–Crippen MR) is 120 cm³/mol. The van der Waals surface area contributed by atoms with Gasteiger partial charge in [-0.15, -0.1) is 11.3 Å². The Kier molecular flexibility index (Phi) is 6.60. The maximum absolute atomic E-state index is 12.5. The van der Waals surface area contributed by atoms with Crippen LogP contribution in [0.25, 0.3) is 0 Å². The van der Waals surface area contributed by atoms with E-state index >= 15 is 0 Å². The average molecular weight is 452 g/mol. The second-order valence-electron chi connectivity index (χ2n) is 8.29. The summed E-state index contributed by atoms with van der Waals surface area (Å²) in [5.74, 6) is 0.411. The number of piperazine rings is 1. The Bertz CT molecular complexity index is 826. The largest absolute Gasteiger partial charge is 0.465 e. The SMILES string of the molecule is COC(=O)c1c(NC(=S)N2CCN(C(=O)C3CCCO3)CC2)sc2c1CCC(C)C2. The van der Waals surface area contributed by atoms with Crippen LogP contribution in [0.1, 0.15) is 47.0 Å². The number of amides is 1. The first-order valence-corrected chi connectivity index (χ1v) is 11.9. The summed E-state index contributed by atoms with van der Waals surface area (Å²) in [7, 11) is 1.42. The Morgan fingerprint density at radius 1 is 1.20 bits per heavy atom. The molecule has 1 amide bonds. The molecule has 1 aromatic heterocycles. The van der Waals surface area contributed by atoms with Gasteiger partial charge in [-0.2, -0.15) is 0 Å². The Morgan fingerprint density at radius 2 is 1.93 bits per heavy atom. The number of nitrogens with one attached hydrogen (secondary N) is 1. The monoisotopic (exact) mass is 451 g/mol. The molecule has 0 aromatic carbocycles. The van der Waals surface area contributed by atoms with Crippen molar-refractivity contribution in [3.8, 4) is 0 Å². The van der Waals surface area contributed by atoms with E-state index in [0.29, 0.717) is 49.4 Å². The van der Waals surface area contributed by atoms with Gasteiger partial charge in [-0.25, -0.2) is 4.79 Å². The van der Waals surface area contributed by atoms with Crippen LogP contribution in [0, 0.1) is 5.92 Å². The van der Waals surface area contributed by atoms with Crippen LogP contribution >= 0.6 is 23.6 Å². The van der Waals surface area contributed by atoms with Crippen molar-refractivity contribution in [3.05, 3.63) is 16.0 Å². The topological polar surface area (TPSA) is 71.1 Å². The fourth-order valence-corrected chi connectivity index (χ4v) is 6.19. The highest BCUT2D eigenvalue weighted by atomic mass is 32.1. The van der Waals surface area contributed by atoms with Crippen molar-refractivity contribution in [1.82, 2.24) is 9.80 Å². The summed E-state index contributed by atoms with van der Waals surface area (Å²) in [6, 6.07) is 0. The number of ether oxygens (including phenoxy) is 2. The maximum atomic E-state index is 12.5. The Balaban J connectivity index is 1.41. The van der Waals surface area contributed by atoms with Crippen LogP contribution in [0.15, 0.2) is 0 Å². The van der Waals surface area contributed by atoms with Gasteiger partial charge < -0.3 is 24.6 Å². The minimum Gasteiger partial charge on any atom is -0.465 e. The van der Waals surface area contributed by atoms with Crippen LogP contribution in [0.2, 0.25) is 0 Å². The number of rotatable bonds is 3. The summed E-state index contributed by atoms with van der Waals surface area (Å²) >= 11 is 7.27. The fraction of sp³-hybridized carbons (Fsp3) is 0.667. The molecule has 1 N–H and O–H groups in total. The molecule has 4 rings (SSSR count). The van der Waals surface area contributed by atoms with Gasteiger partial charge in [0.15, 0.2) is 5.11 Å². The summed E-state index contributed by atoms with van der Waals surface area (Å²) in [5.41, 5.74) is 1.75. The summed E-state index contributed by atoms with van der Waals surface area (Å²) in [4.78, 5) is 30.2. The summed E-state index contributed by atoms with van der Waals surface area (Å²) in [6.07, 6.45) is 4.47. The quantitative estimate of drug-likeness (QED) is 0.560. The Morgan fingerprint density at radius 3 is 2.60 bits per heavy atom. The molecule has 3 aliphatic rings. The van der Waals surface area contributed by atoms with Gasteiger partial charge in [0.25, 0.3) is 5.91 Å². The van der Waals surface area contributed by atoms with Gasteiger partial charge in [0.2, 0.25) is 0 Å². The third-order valence-corrected chi connectivity index (χ3v) is 7.74. The number of anilines is 1. The number of hydrogen-bond donors (Lipinski definition) is 1. The van der Waals surface area contributed by atoms with E-state index in [1.807, 2.05) is 4.90 Å². The van der Waals surface area contributed by atoms with Crippen molar-refractivity contribution in [1.29, 1.82) is 0 Å². The fourth-order valence-electron chi connectivity index (χ4n) is 4.44. The molecule has 9 heteroatoms. The van der Waals surface area contributed by atoms with Crippen LogP contribution in [0.5, 0.6) is 0 Å². The molecule has 164 valence electrons. The molecule has 2 aliphatic heterocycles. The summed E-state index contributed by atoms with van der Waals surface area (Å²) in [5, 5.41) is 4.69. The van der Waals surface area contributed by atoms with Crippen molar-refractivity contribution in [3.63, 3.8) is 0 Å². The lowest BCUT2D eigenvalue weighted by Gasteiger charge is -2.37. The van der Waals surface area contributed by atoms with E-state index in [-0.39, 0.29) is 18.0 Å². The van der Waals surface area contributed by atoms with Crippen molar-refractivity contribution in [2.75, 3.05) is 45.2 Å². The summed E-state index contributed by atoms with van der Waals surface area (Å²) in [6.45, 7) is 5.51. The highest BCUT2D eigenvalue weighted by molar-refractivity contribution is 7.80. The molecule has 2 unspecified atom stereocenters. The van der Waals surface area contributed by atoms with Crippen molar-refractivity contribution >= 4 is 45.5 Å². The van der Waals surface area contributed by atoms with Gasteiger partial charge in [0.05, 0.1) is 12.7 Å². The lowest BCUT2D eigenvalue weighted by Crippen LogP contribution is -2.53. The van der Waals surface area contributed by atoms with E-state index in [1.165, 1.54) is 12.0 Å². The van der Waals surface area contributed by atoms with Gasteiger partial charge in [-0.3, -0.25) is 4.79 Å². The second kappa shape index (κ2) is 9.20. The molecule has 1 aliphatic carbocycles. The lowest BCUT2D eigenvalue weighted by molar-refractivity contribution is -0.142. The third-order valence-electron chi connectivity index (χ3n) is 6.21. The van der Waals surface area contributed by atoms with Crippen LogP contribution in [-0.4, -0.2) is 72.8 Å². The Hall–Kier alpha value is -1.71. The normalized spacial score (nSPS) is 23.8. The van der Waals surface area contributed by atoms with E-state index in [2.05, 4.69) is 17.1 Å². The van der Waals surface area contributed by atoms with Gasteiger partial charge in [0.1, 0.15) is 11.1 Å². The average Bonchev–Trinajstić information content (AvgIpc) is 3.40. The zero-order valence-electron chi connectivity index (χ0n) is 17.6. The van der Waals surface area contributed by atoms with E-state index in [4.69, 9.17) is 21.7 Å². The number of thiophene rings is 1. The first-order valence-electron chi connectivity index (χ1n) is 10.7. The molecule has 1 aromatic rings. The van der Waals surface area contributed by atoms with Gasteiger partial charge in [-0.1, -0.05) is 6.92 Å². The van der Waals surface area contributed by atoms with E-state index in [1.54, 1.807) is 11.3 Å². The van der Waals surface area contributed by atoms with Gasteiger partial charge >= 0.3 is 5.97 Å². The van der Waals surface area contributed by atoms with E-state index < -0.39 is 0 Å². The van der Waals surface area contributed by atoms with E-state index in [0.717, 1.165) is 42.7 Å². The van der Waals surface area contributed by atoms with Crippen molar-refractivity contribution in [2.45, 2.75) is 45.1 Å². The highest BCUT2D eigenvalue weighted by Crippen LogP contribution is 2.40. The maximum Gasteiger partial charge on any atom is 0.341 e. The molecule has 0 bridgehead atoms. The summed E-state index contributed by atoms with van der Waals surface area (Å²) < 4.78 is 10.6. The lowest BCUT2D eigenvalue weighted by atomic mass is 9.88. The first kappa shape index (κ1) is 21.5. The number of carbonyl (C=O) groups excluding carboxylic acids is 2. The highest BCUT2D eigenvalue weighted by Gasteiger charge is 2.32. The molecule has 0 radical (unpaired) electrons. The number of fused-ring (bicyclic) bond motifs is 1. The van der Waals surface area contributed by atoms with E-state index in [9.17, 15) is 9.59 Å².